The molecule has 1 unspecified atom stereocenters. The van der Waals surface area contributed by atoms with Gasteiger partial charge in [0.1, 0.15) is 6.10 Å². The second-order valence-electron chi connectivity index (χ2n) is 3.28. The van der Waals surface area contributed by atoms with Crippen LogP contribution in [-0.2, 0) is 7.05 Å². The maximum absolute atomic E-state index is 9.79. The molecular formula is C7H13N5O. The first-order valence-electron chi connectivity index (χ1n) is 4.43. The molecule has 1 aliphatic rings. The average molecular weight is 183 g/mol. The molecule has 2 N–H and O–H groups in total. The van der Waals surface area contributed by atoms with E-state index in [9.17, 15) is 5.11 Å². The maximum Gasteiger partial charge on any atom is 0.204 e. The minimum Gasteiger partial charge on any atom is -0.383 e. The molecule has 0 amide bonds. The molecule has 1 saturated heterocycles. The molecule has 2 heterocycles. The number of rotatable bonds is 2. The highest BCUT2D eigenvalue weighted by Crippen LogP contribution is 2.18. The van der Waals surface area contributed by atoms with Gasteiger partial charge >= 0.3 is 0 Å². The molecule has 2 rings (SSSR count). The van der Waals surface area contributed by atoms with Crippen molar-refractivity contribution in [3.05, 3.63) is 5.82 Å². The molecule has 0 aliphatic carbocycles. The Morgan fingerprint density at radius 3 is 3.08 bits per heavy atom. The van der Waals surface area contributed by atoms with Crippen LogP contribution in [0.15, 0.2) is 0 Å². The summed E-state index contributed by atoms with van der Waals surface area (Å²) in [6.45, 7) is 0.960. The number of nitrogens with one attached hydrogen (secondary N) is 1. The highest BCUT2D eigenvalue weighted by atomic mass is 16.3. The van der Waals surface area contributed by atoms with Gasteiger partial charge in [-0.2, -0.15) is 4.80 Å². The number of nitrogens with zero attached hydrogens (tertiary/aromatic N) is 4. The van der Waals surface area contributed by atoms with Gasteiger partial charge in [0.05, 0.1) is 7.05 Å². The molecule has 72 valence electrons. The molecule has 6 nitrogen and oxygen atoms in total. The molecule has 1 aromatic rings. The normalized spacial score (nSPS) is 24.9. The molecule has 0 bridgehead atoms. The first-order chi connectivity index (χ1) is 6.27. The third-order valence-electron chi connectivity index (χ3n) is 2.27. The van der Waals surface area contributed by atoms with Gasteiger partial charge < -0.3 is 10.4 Å². The van der Waals surface area contributed by atoms with Crippen LogP contribution in [0.4, 0.5) is 0 Å². The van der Waals surface area contributed by atoms with Crippen molar-refractivity contribution >= 4 is 0 Å². The third-order valence-corrected chi connectivity index (χ3v) is 2.27. The predicted molar refractivity (Wildman–Crippen MR) is 44.8 cm³/mol. The van der Waals surface area contributed by atoms with Crippen molar-refractivity contribution in [2.45, 2.75) is 25.0 Å². The number of aryl methyl sites for hydroxylation is 1. The Morgan fingerprint density at radius 2 is 2.54 bits per heavy atom. The highest BCUT2D eigenvalue weighted by molar-refractivity contribution is 4.93. The monoisotopic (exact) mass is 183 g/mol. The lowest BCUT2D eigenvalue weighted by Gasteiger charge is -2.13. The average Bonchev–Trinajstić information content (AvgIpc) is 2.72. The summed E-state index contributed by atoms with van der Waals surface area (Å²) in [6.07, 6.45) is 1.44. The van der Waals surface area contributed by atoms with Gasteiger partial charge in [0.2, 0.25) is 5.82 Å². The zero-order valence-corrected chi connectivity index (χ0v) is 7.51. The lowest BCUT2D eigenvalue weighted by atomic mass is 10.1. The van der Waals surface area contributed by atoms with Gasteiger partial charge in [0.25, 0.3) is 0 Å². The second kappa shape index (κ2) is 3.39. The molecule has 0 radical (unpaired) electrons. The van der Waals surface area contributed by atoms with Crippen LogP contribution in [0.2, 0.25) is 0 Å². The molecule has 0 aromatic carbocycles. The molecule has 1 fully saturated rings. The summed E-state index contributed by atoms with van der Waals surface area (Å²) in [5, 5.41) is 24.4. The van der Waals surface area contributed by atoms with E-state index in [1.54, 1.807) is 7.05 Å². The van der Waals surface area contributed by atoms with E-state index in [-0.39, 0.29) is 6.04 Å². The number of aromatic nitrogens is 4. The van der Waals surface area contributed by atoms with Crippen molar-refractivity contribution in [2.75, 3.05) is 6.54 Å². The quantitative estimate of drug-likeness (QED) is 0.614. The smallest absolute Gasteiger partial charge is 0.204 e. The fraction of sp³-hybridized carbons (Fsp3) is 0.857. The molecule has 13 heavy (non-hydrogen) atoms. The van der Waals surface area contributed by atoms with Crippen LogP contribution < -0.4 is 5.32 Å². The van der Waals surface area contributed by atoms with Crippen LogP contribution in [0.1, 0.15) is 24.8 Å². The van der Waals surface area contributed by atoms with Gasteiger partial charge in [0.15, 0.2) is 0 Å². The van der Waals surface area contributed by atoms with Crippen LogP contribution in [0.3, 0.4) is 0 Å². The third kappa shape index (κ3) is 1.68. The van der Waals surface area contributed by atoms with Gasteiger partial charge in [0, 0.05) is 6.04 Å². The van der Waals surface area contributed by atoms with Crippen molar-refractivity contribution < 1.29 is 5.11 Å². The van der Waals surface area contributed by atoms with Crippen LogP contribution in [0.5, 0.6) is 0 Å². The van der Waals surface area contributed by atoms with E-state index in [0.717, 1.165) is 19.4 Å². The zero-order valence-electron chi connectivity index (χ0n) is 7.51. The maximum atomic E-state index is 9.79. The molecule has 1 aliphatic heterocycles. The number of tetrazole rings is 1. The molecular weight excluding hydrogens is 170 g/mol. The summed E-state index contributed by atoms with van der Waals surface area (Å²) in [7, 11) is 1.69. The molecule has 6 heteroatoms. The second-order valence-corrected chi connectivity index (χ2v) is 3.28. The standard InChI is InChI=1S/C7H13N5O/c1-12-10-7(9-11-12)6(13)5-3-2-4-8-5/h5-6,8,13H,2-4H2,1H3/t5-,6?/m1/s1. The van der Waals surface area contributed by atoms with Crippen LogP contribution in [0, 0.1) is 0 Å². The summed E-state index contributed by atoms with van der Waals surface area (Å²) in [4.78, 5) is 1.35. The number of aliphatic hydroxyl groups is 1. The number of hydrogen-bond acceptors (Lipinski definition) is 5. The van der Waals surface area contributed by atoms with Gasteiger partial charge in [-0.05, 0) is 24.6 Å². The molecule has 0 saturated carbocycles. The van der Waals surface area contributed by atoms with E-state index in [1.807, 2.05) is 0 Å². The summed E-state index contributed by atoms with van der Waals surface area (Å²) in [5.41, 5.74) is 0. The van der Waals surface area contributed by atoms with E-state index in [2.05, 4.69) is 20.7 Å². The van der Waals surface area contributed by atoms with Crippen molar-refractivity contribution in [3.63, 3.8) is 0 Å². The predicted octanol–water partition coefficient (Wildman–Crippen LogP) is -1.00. The summed E-state index contributed by atoms with van der Waals surface area (Å²) in [6, 6.07) is 0.0872. The fourth-order valence-electron chi connectivity index (χ4n) is 1.58. The Labute approximate surface area is 75.9 Å². The van der Waals surface area contributed by atoms with Crippen molar-refractivity contribution in [1.29, 1.82) is 0 Å². The summed E-state index contributed by atoms with van der Waals surface area (Å²) in [5.74, 6) is 0.405. The van der Waals surface area contributed by atoms with E-state index in [4.69, 9.17) is 0 Å². The number of hydrogen-bond donors (Lipinski definition) is 2. The first kappa shape index (κ1) is 8.58. The van der Waals surface area contributed by atoms with Crippen LogP contribution in [0.25, 0.3) is 0 Å². The SMILES string of the molecule is Cn1nnc(C(O)[C@H]2CCCN2)n1. The Balaban J connectivity index is 2.07. The van der Waals surface area contributed by atoms with Crippen molar-refractivity contribution in [1.82, 2.24) is 25.5 Å². The topological polar surface area (TPSA) is 75.9 Å². The Morgan fingerprint density at radius 1 is 1.69 bits per heavy atom. The van der Waals surface area contributed by atoms with E-state index in [1.165, 1.54) is 4.80 Å². The molecule has 0 spiro atoms. The van der Waals surface area contributed by atoms with Gasteiger partial charge in [-0.15, -0.1) is 10.2 Å². The Hall–Kier alpha value is -1.01. The van der Waals surface area contributed by atoms with Gasteiger partial charge in [-0.3, -0.25) is 0 Å². The Bertz CT molecular complexity index is 280. The largest absolute Gasteiger partial charge is 0.383 e. The lowest BCUT2D eigenvalue weighted by molar-refractivity contribution is 0.128. The van der Waals surface area contributed by atoms with Crippen molar-refractivity contribution in [3.8, 4) is 0 Å². The van der Waals surface area contributed by atoms with Crippen molar-refractivity contribution in [2.24, 2.45) is 7.05 Å². The van der Waals surface area contributed by atoms with Crippen LogP contribution >= 0.6 is 0 Å². The fourth-order valence-corrected chi connectivity index (χ4v) is 1.58. The Kier molecular flexibility index (Phi) is 2.24. The summed E-state index contributed by atoms with van der Waals surface area (Å²) < 4.78 is 0. The van der Waals surface area contributed by atoms with Gasteiger partial charge in [-0.1, -0.05) is 0 Å². The minimum atomic E-state index is -0.629. The van der Waals surface area contributed by atoms with Gasteiger partial charge in [-0.25, -0.2) is 0 Å². The molecule has 2 atom stereocenters. The number of aliphatic hydroxyl groups excluding tert-OH is 1. The first-order valence-corrected chi connectivity index (χ1v) is 4.43. The van der Waals surface area contributed by atoms with Crippen LogP contribution in [-0.4, -0.2) is 37.9 Å². The van der Waals surface area contributed by atoms with E-state index < -0.39 is 6.10 Å². The zero-order chi connectivity index (χ0) is 9.26. The lowest BCUT2D eigenvalue weighted by Crippen LogP contribution is -2.29. The minimum absolute atomic E-state index is 0.0872. The highest BCUT2D eigenvalue weighted by Gasteiger charge is 2.26. The van der Waals surface area contributed by atoms with E-state index >= 15 is 0 Å². The van der Waals surface area contributed by atoms with E-state index in [0.29, 0.717) is 5.82 Å². The molecule has 1 aromatic heterocycles. The summed E-state index contributed by atoms with van der Waals surface area (Å²) >= 11 is 0.